The summed E-state index contributed by atoms with van der Waals surface area (Å²) >= 11 is 7.04. The van der Waals surface area contributed by atoms with Crippen molar-refractivity contribution in [2.75, 3.05) is 0 Å². The van der Waals surface area contributed by atoms with Gasteiger partial charge in [-0.25, -0.2) is 0 Å². The van der Waals surface area contributed by atoms with Crippen molar-refractivity contribution in [1.82, 2.24) is 0 Å². The molecule has 0 aliphatic heterocycles. The normalized spacial score (nSPS) is 12.2. The molecular weight excluding hydrogens is 394 g/mol. The molecular formula is C17H19Br2NO. The Labute approximate surface area is 143 Å². The predicted octanol–water partition coefficient (Wildman–Crippen LogP) is 5.07. The van der Waals surface area contributed by atoms with E-state index in [-0.39, 0.29) is 6.04 Å². The topological polar surface area (TPSA) is 35.2 Å². The fourth-order valence-electron chi connectivity index (χ4n) is 2.02. The molecule has 0 aliphatic carbocycles. The highest BCUT2D eigenvalue weighted by molar-refractivity contribution is 9.10. The van der Waals surface area contributed by atoms with Gasteiger partial charge < -0.3 is 10.5 Å². The largest absolute Gasteiger partial charge is 0.488 e. The summed E-state index contributed by atoms with van der Waals surface area (Å²) in [6, 6.07) is 14.5. The molecule has 2 rings (SSSR count). The highest BCUT2D eigenvalue weighted by atomic mass is 79.9. The molecule has 0 spiro atoms. The maximum Gasteiger partial charge on any atom is 0.134 e. The Bertz CT molecular complexity index is 601. The second kappa shape index (κ2) is 7.97. The van der Waals surface area contributed by atoms with Crippen LogP contribution in [-0.2, 0) is 13.0 Å². The van der Waals surface area contributed by atoms with Crippen LogP contribution >= 0.6 is 31.9 Å². The van der Waals surface area contributed by atoms with Gasteiger partial charge in [0.1, 0.15) is 12.4 Å². The molecule has 0 fully saturated rings. The van der Waals surface area contributed by atoms with Crippen LogP contribution in [0.15, 0.2) is 51.4 Å². The number of hydrogen-bond acceptors (Lipinski definition) is 2. The van der Waals surface area contributed by atoms with Gasteiger partial charge in [-0.2, -0.15) is 0 Å². The predicted molar refractivity (Wildman–Crippen MR) is 94.6 cm³/mol. The first-order valence-electron chi connectivity index (χ1n) is 6.99. The van der Waals surface area contributed by atoms with Crippen LogP contribution in [0, 0.1) is 0 Å². The zero-order valence-corrected chi connectivity index (χ0v) is 15.2. The number of hydrogen-bond donors (Lipinski definition) is 1. The van der Waals surface area contributed by atoms with Crippen LogP contribution in [0.5, 0.6) is 5.75 Å². The molecule has 0 amide bonds. The van der Waals surface area contributed by atoms with Gasteiger partial charge in [-0.05, 0) is 64.2 Å². The molecule has 21 heavy (non-hydrogen) atoms. The highest BCUT2D eigenvalue weighted by Crippen LogP contribution is 2.27. The van der Waals surface area contributed by atoms with Crippen LogP contribution in [0.25, 0.3) is 0 Å². The minimum absolute atomic E-state index is 0.213. The molecule has 0 radical (unpaired) electrons. The molecule has 0 aliphatic rings. The van der Waals surface area contributed by atoms with Gasteiger partial charge in [-0.3, -0.25) is 0 Å². The van der Waals surface area contributed by atoms with E-state index in [1.165, 1.54) is 5.56 Å². The Morgan fingerprint density at radius 1 is 1.10 bits per heavy atom. The molecule has 2 nitrogen and oxygen atoms in total. The van der Waals surface area contributed by atoms with Crippen LogP contribution in [0.4, 0.5) is 0 Å². The Balaban J connectivity index is 2.01. The Morgan fingerprint density at radius 2 is 1.90 bits per heavy atom. The maximum atomic E-state index is 5.99. The van der Waals surface area contributed by atoms with E-state index in [2.05, 4.69) is 57.0 Å². The first-order valence-corrected chi connectivity index (χ1v) is 8.58. The van der Waals surface area contributed by atoms with Crippen LogP contribution in [0.2, 0.25) is 0 Å². The van der Waals surface area contributed by atoms with Crippen molar-refractivity contribution in [2.45, 2.75) is 32.4 Å². The summed E-state index contributed by atoms with van der Waals surface area (Å²) < 4.78 is 7.90. The minimum Gasteiger partial charge on any atom is -0.488 e. The highest BCUT2D eigenvalue weighted by Gasteiger charge is 2.06. The third-order valence-corrected chi connectivity index (χ3v) is 4.41. The van der Waals surface area contributed by atoms with E-state index in [0.29, 0.717) is 6.61 Å². The molecule has 2 N–H and O–H groups in total. The lowest BCUT2D eigenvalue weighted by molar-refractivity contribution is 0.304. The average Bonchev–Trinajstić information content (AvgIpc) is 2.46. The molecule has 1 unspecified atom stereocenters. The lowest BCUT2D eigenvalue weighted by Crippen LogP contribution is -2.21. The SMILES string of the molecule is CCC(N)Cc1ccc(OCc2cccc(Br)c2)c(Br)c1. The van der Waals surface area contributed by atoms with Crippen LogP contribution in [0.1, 0.15) is 24.5 Å². The quantitative estimate of drug-likeness (QED) is 0.718. The van der Waals surface area contributed by atoms with Crippen molar-refractivity contribution in [3.05, 3.63) is 62.5 Å². The summed E-state index contributed by atoms with van der Waals surface area (Å²) in [6.07, 6.45) is 1.87. The van der Waals surface area contributed by atoms with Gasteiger partial charge in [-0.15, -0.1) is 0 Å². The summed E-state index contributed by atoms with van der Waals surface area (Å²) in [5.41, 5.74) is 8.35. The number of ether oxygens (including phenoxy) is 1. The fraction of sp³-hybridized carbons (Fsp3) is 0.294. The second-order valence-corrected chi connectivity index (χ2v) is 6.83. The average molecular weight is 413 g/mol. The molecule has 0 aromatic heterocycles. The van der Waals surface area contributed by atoms with Gasteiger partial charge in [0.05, 0.1) is 4.47 Å². The van der Waals surface area contributed by atoms with Crippen LogP contribution < -0.4 is 10.5 Å². The first kappa shape index (κ1) is 16.5. The number of halogens is 2. The molecule has 0 saturated heterocycles. The van der Waals surface area contributed by atoms with Crippen LogP contribution in [-0.4, -0.2) is 6.04 Å². The molecule has 0 heterocycles. The lowest BCUT2D eigenvalue weighted by Gasteiger charge is -2.12. The minimum atomic E-state index is 0.213. The molecule has 4 heteroatoms. The van der Waals surface area contributed by atoms with E-state index in [4.69, 9.17) is 10.5 Å². The van der Waals surface area contributed by atoms with Gasteiger partial charge in [0.2, 0.25) is 0 Å². The van der Waals surface area contributed by atoms with Crippen molar-refractivity contribution in [3.63, 3.8) is 0 Å². The Kier molecular flexibility index (Phi) is 6.27. The monoisotopic (exact) mass is 411 g/mol. The molecule has 112 valence electrons. The third-order valence-electron chi connectivity index (χ3n) is 3.30. The van der Waals surface area contributed by atoms with Crippen molar-refractivity contribution in [3.8, 4) is 5.75 Å². The molecule has 0 bridgehead atoms. The summed E-state index contributed by atoms with van der Waals surface area (Å²) in [6.45, 7) is 2.65. The van der Waals surface area contributed by atoms with E-state index in [1.54, 1.807) is 0 Å². The number of benzene rings is 2. The van der Waals surface area contributed by atoms with Crippen molar-refractivity contribution in [1.29, 1.82) is 0 Å². The maximum absolute atomic E-state index is 5.99. The Morgan fingerprint density at radius 3 is 2.57 bits per heavy atom. The van der Waals surface area contributed by atoms with E-state index < -0.39 is 0 Å². The zero-order chi connectivity index (χ0) is 15.2. The van der Waals surface area contributed by atoms with Gasteiger partial charge in [0.15, 0.2) is 0 Å². The number of rotatable bonds is 6. The van der Waals surface area contributed by atoms with E-state index in [0.717, 1.165) is 33.1 Å². The molecule has 1 atom stereocenters. The van der Waals surface area contributed by atoms with E-state index in [1.807, 2.05) is 24.3 Å². The zero-order valence-electron chi connectivity index (χ0n) is 12.0. The van der Waals surface area contributed by atoms with Crippen LogP contribution in [0.3, 0.4) is 0 Å². The van der Waals surface area contributed by atoms with E-state index >= 15 is 0 Å². The van der Waals surface area contributed by atoms with E-state index in [9.17, 15) is 0 Å². The van der Waals surface area contributed by atoms with Crippen molar-refractivity contribution < 1.29 is 4.74 Å². The fourth-order valence-corrected chi connectivity index (χ4v) is 3.01. The standard InChI is InChI=1S/C17H19Br2NO/c1-2-15(20)9-12-6-7-17(16(19)10-12)21-11-13-4-3-5-14(18)8-13/h3-8,10,15H,2,9,11,20H2,1H3. The van der Waals surface area contributed by atoms with Gasteiger partial charge in [-0.1, -0.05) is 41.1 Å². The molecule has 2 aromatic carbocycles. The summed E-state index contributed by atoms with van der Waals surface area (Å²) in [5.74, 6) is 0.851. The van der Waals surface area contributed by atoms with Gasteiger partial charge in [0.25, 0.3) is 0 Å². The van der Waals surface area contributed by atoms with Gasteiger partial charge >= 0.3 is 0 Å². The van der Waals surface area contributed by atoms with Crippen molar-refractivity contribution in [2.24, 2.45) is 5.73 Å². The number of nitrogens with two attached hydrogens (primary N) is 1. The summed E-state index contributed by atoms with van der Waals surface area (Å²) in [4.78, 5) is 0. The summed E-state index contributed by atoms with van der Waals surface area (Å²) in [7, 11) is 0. The smallest absolute Gasteiger partial charge is 0.134 e. The lowest BCUT2D eigenvalue weighted by atomic mass is 10.0. The first-order chi connectivity index (χ1) is 10.1. The van der Waals surface area contributed by atoms with Gasteiger partial charge in [0, 0.05) is 10.5 Å². The Hall–Kier alpha value is -0.840. The molecule has 2 aromatic rings. The third kappa shape index (κ3) is 5.13. The molecule has 0 saturated carbocycles. The van der Waals surface area contributed by atoms with Crippen molar-refractivity contribution >= 4 is 31.9 Å². The summed E-state index contributed by atoms with van der Waals surface area (Å²) in [5, 5.41) is 0. The second-order valence-electron chi connectivity index (χ2n) is 5.06.